The van der Waals surface area contributed by atoms with Crippen LogP contribution in [0.25, 0.3) is 0 Å². The smallest absolute Gasteiger partial charge is 0.194 e. The summed E-state index contributed by atoms with van der Waals surface area (Å²) in [4.78, 5) is 12.6. The molecule has 0 amide bonds. The van der Waals surface area contributed by atoms with Crippen molar-refractivity contribution in [3.8, 4) is 11.5 Å². The van der Waals surface area contributed by atoms with Crippen LogP contribution in [0.15, 0.2) is 23.2 Å². The average molecular weight is 446 g/mol. The van der Waals surface area contributed by atoms with E-state index in [1.54, 1.807) is 14.2 Å². The fraction of sp³-hybridized carbons (Fsp3) is 0.720. The van der Waals surface area contributed by atoms with Gasteiger partial charge in [-0.1, -0.05) is 0 Å². The Kier molecular flexibility index (Phi) is 9.48. The monoisotopic (exact) mass is 445 g/mol. The summed E-state index contributed by atoms with van der Waals surface area (Å²) in [5.41, 5.74) is 1.17. The van der Waals surface area contributed by atoms with Crippen molar-refractivity contribution < 1.29 is 9.47 Å². The molecule has 1 N–H and O–H groups in total. The van der Waals surface area contributed by atoms with Crippen LogP contribution >= 0.6 is 0 Å². The fourth-order valence-corrected chi connectivity index (χ4v) is 4.72. The summed E-state index contributed by atoms with van der Waals surface area (Å²) < 4.78 is 11.0. The molecule has 0 aliphatic carbocycles. The molecule has 2 aliphatic rings. The van der Waals surface area contributed by atoms with Gasteiger partial charge in [-0.15, -0.1) is 0 Å². The van der Waals surface area contributed by atoms with E-state index in [0.717, 1.165) is 63.3 Å². The van der Waals surface area contributed by atoms with Gasteiger partial charge in [-0.25, -0.2) is 0 Å². The number of likely N-dealkylation sites (tertiary alicyclic amines) is 1. The molecule has 7 heteroatoms. The first kappa shape index (κ1) is 24.6. The van der Waals surface area contributed by atoms with Crippen molar-refractivity contribution in [1.29, 1.82) is 0 Å². The van der Waals surface area contributed by atoms with E-state index in [-0.39, 0.29) is 0 Å². The van der Waals surface area contributed by atoms with Gasteiger partial charge in [0.25, 0.3) is 0 Å². The summed E-state index contributed by atoms with van der Waals surface area (Å²) in [6, 6.07) is 6.66. The van der Waals surface area contributed by atoms with Gasteiger partial charge in [-0.3, -0.25) is 9.89 Å². The van der Waals surface area contributed by atoms with Crippen molar-refractivity contribution in [3.05, 3.63) is 23.8 Å². The number of piperazine rings is 1. The lowest BCUT2D eigenvalue weighted by Crippen LogP contribution is -2.52. The zero-order valence-corrected chi connectivity index (χ0v) is 20.8. The highest BCUT2D eigenvalue weighted by molar-refractivity contribution is 5.80. The van der Waals surface area contributed by atoms with E-state index in [1.165, 1.54) is 31.5 Å². The number of methoxy groups -OCH3 is 2. The molecule has 2 fully saturated rings. The van der Waals surface area contributed by atoms with Crippen LogP contribution in [-0.4, -0.2) is 93.3 Å². The van der Waals surface area contributed by atoms with E-state index in [1.807, 2.05) is 12.1 Å². The lowest BCUT2D eigenvalue weighted by molar-refractivity contribution is 0.142. The van der Waals surface area contributed by atoms with Gasteiger partial charge in [0.2, 0.25) is 0 Å². The molecule has 0 radical (unpaired) electrons. The van der Waals surface area contributed by atoms with Gasteiger partial charge in [0.1, 0.15) is 11.5 Å². The third kappa shape index (κ3) is 6.75. The molecule has 2 saturated heterocycles. The molecule has 0 spiro atoms. The largest absolute Gasteiger partial charge is 0.497 e. The van der Waals surface area contributed by atoms with Gasteiger partial charge in [-0.05, 0) is 64.3 Å². The van der Waals surface area contributed by atoms with E-state index in [4.69, 9.17) is 14.5 Å². The van der Waals surface area contributed by atoms with Crippen molar-refractivity contribution in [2.75, 3.05) is 66.6 Å². The standard InChI is InChI=1S/C25H43N5O2/c1-6-26-25(27-17-21-8-7-11-30(18-21)20(2)3)29-14-12-28(13-15-29)19-22-16-23(31-4)9-10-24(22)32-5/h9-10,16,20-21H,6-8,11-15,17-19H2,1-5H3,(H,26,27). The van der Waals surface area contributed by atoms with Gasteiger partial charge in [0.15, 0.2) is 5.96 Å². The van der Waals surface area contributed by atoms with Gasteiger partial charge >= 0.3 is 0 Å². The van der Waals surface area contributed by atoms with Crippen molar-refractivity contribution >= 4 is 5.96 Å². The number of piperidine rings is 1. The Balaban J connectivity index is 1.55. The van der Waals surface area contributed by atoms with Crippen LogP contribution < -0.4 is 14.8 Å². The van der Waals surface area contributed by atoms with Gasteiger partial charge < -0.3 is 24.6 Å². The Morgan fingerprint density at radius 3 is 2.56 bits per heavy atom. The number of nitrogens with zero attached hydrogens (tertiary/aromatic N) is 4. The normalized spacial score (nSPS) is 21.1. The van der Waals surface area contributed by atoms with E-state index in [0.29, 0.717) is 12.0 Å². The number of hydrogen-bond acceptors (Lipinski definition) is 5. The minimum atomic E-state index is 0.631. The van der Waals surface area contributed by atoms with E-state index in [2.05, 4.69) is 46.9 Å². The molecule has 3 rings (SSSR count). The molecule has 1 unspecified atom stereocenters. The Bertz CT molecular complexity index is 731. The number of aliphatic imine (C=N–C) groups is 1. The maximum Gasteiger partial charge on any atom is 0.194 e. The minimum absolute atomic E-state index is 0.631. The van der Waals surface area contributed by atoms with Crippen molar-refractivity contribution in [2.45, 2.75) is 46.2 Å². The highest BCUT2D eigenvalue weighted by Crippen LogP contribution is 2.25. The maximum atomic E-state index is 5.56. The van der Waals surface area contributed by atoms with Gasteiger partial charge in [0, 0.05) is 64.0 Å². The number of ether oxygens (including phenoxy) is 2. The highest BCUT2D eigenvalue weighted by atomic mass is 16.5. The summed E-state index contributed by atoms with van der Waals surface area (Å²) in [5, 5.41) is 3.53. The lowest BCUT2D eigenvalue weighted by Gasteiger charge is -2.37. The lowest BCUT2D eigenvalue weighted by atomic mass is 9.97. The van der Waals surface area contributed by atoms with Crippen LogP contribution in [0.4, 0.5) is 0 Å². The molecular formula is C25H43N5O2. The SMILES string of the molecule is CCNC(=NCC1CCCN(C(C)C)C1)N1CCN(Cc2cc(OC)ccc2OC)CC1. The summed E-state index contributed by atoms with van der Waals surface area (Å²) in [5.74, 6) is 3.54. The Morgan fingerprint density at radius 2 is 1.91 bits per heavy atom. The summed E-state index contributed by atoms with van der Waals surface area (Å²) >= 11 is 0. The van der Waals surface area contributed by atoms with E-state index >= 15 is 0 Å². The quantitative estimate of drug-likeness (QED) is 0.491. The summed E-state index contributed by atoms with van der Waals surface area (Å²) in [7, 11) is 3.44. The number of rotatable bonds is 8. The topological polar surface area (TPSA) is 52.6 Å². The molecule has 2 aliphatic heterocycles. The zero-order valence-electron chi connectivity index (χ0n) is 20.8. The number of hydrogen-bond donors (Lipinski definition) is 1. The van der Waals surface area contributed by atoms with Gasteiger partial charge in [0.05, 0.1) is 14.2 Å². The zero-order chi connectivity index (χ0) is 22.9. The predicted molar refractivity (Wildman–Crippen MR) is 132 cm³/mol. The Morgan fingerprint density at radius 1 is 1.12 bits per heavy atom. The molecule has 1 atom stereocenters. The first-order chi connectivity index (χ1) is 15.5. The van der Waals surface area contributed by atoms with Crippen LogP contribution in [0.1, 0.15) is 39.2 Å². The Labute approximate surface area is 194 Å². The molecule has 2 heterocycles. The third-order valence-corrected chi connectivity index (χ3v) is 6.67. The highest BCUT2D eigenvalue weighted by Gasteiger charge is 2.24. The second-order valence-corrected chi connectivity index (χ2v) is 9.23. The first-order valence-electron chi connectivity index (χ1n) is 12.2. The second kappa shape index (κ2) is 12.3. The minimum Gasteiger partial charge on any atom is -0.497 e. The molecular weight excluding hydrogens is 402 g/mol. The number of nitrogens with one attached hydrogen (secondary N) is 1. The number of guanidine groups is 1. The molecule has 7 nitrogen and oxygen atoms in total. The number of benzene rings is 1. The second-order valence-electron chi connectivity index (χ2n) is 9.23. The molecule has 0 aromatic heterocycles. The van der Waals surface area contributed by atoms with Crippen molar-refractivity contribution in [3.63, 3.8) is 0 Å². The molecule has 1 aromatic rings. The average Bonchev–Trinajstić information content (AvgIpc) is 2.82. The predicted octanol–water partition coefficient (Wildman–Crippen LogP) is 2.91. The first-order valence-corrected chi connectivity index (χ1v) is 12.2. The maximum absolute atomic E-state index is 5.56. The van der Waals surface area contributed by atoms with Crippen LogP contribution in [0.2, 0.25) is 0 Å². The fourth-order valence-electron chi connectivity index (χ4n) is 4.72. The van der Waals surface area contributed by atoms with Crippen molar-refractivity contribution in [2.24, 2.45) is 10.9 Å². The van der Waals surface area contributed by atoms with E-state index < -0.39 is 0 Å². The summed E-state index contributed by atoms with van der Waals surface area (Å²) in [6.07, 6.45) is 2.59. The third-order valence-electron chi connectivity index (χ3n) is 6.67. The molecule has 0 bridgehead atoms. The molecule has 32 heavy (non-hydrogen) atoms. The molecule has 180 valence electrons. The van der Waals surface area contributed by atoms with E-state index in [9.17, 15) is 0 Å². The van der Waals surface area contributed by atoms with Crippen LogP contribution in [0.5, 0.6) is 11.5 Å². The van der Waals surface area contributed by atoms with Crippen LogP contribution in [-0.2, 0) is 6.54 Å². The Hall–Kier alpha value is -1.99. The molecule has 1 aromatic carbocycles. The van der Waals surface area contributed by atoms with Crippen LogP contribution in [0.3, 0.4) is 0 Å². The van der Waals surface area contributed by atoms with Crippen molar-refractivity contribution in [1.82, 2.24) is 20.0 Å². The van der Waals surface area contributed by atoms with Crippen LogP contribution in [0, 0.1) is 5.92 Å². The summed E-state index contributed by atoms with van der Waals surface area (Å²) in [6.45, 7) is 15.9. The van der Waals surface area contributed by atoms with Gasteiger partial charge in [-0.2, -0.15) is 0 Å². The molecule has 0 saturated carbocycles.